The average molecular weight is 439 g/mol. The van der Waals surface area contributed by atoms with E-state index in [1.807, 2.05) is 5.38 Å². The first-order valence-corrected chi connectivity index (χ1v) is 10.3. The average Bonchev–Trinajstić information content (AvgIpc) is 3.22. The molecule has 0 saturated heterocycles. The Hall–Kier alpha value is -2.58. The van der Waals surface area contributed by atoms with Gasteiger partial charge in [-0.25, -0.2) is 0 Å². The number of methoxy groups -OCH3 is 1. The van der Waals surface area contributed by atoms with Crippen molar-refractivity contribution in [1.82, 2.24) is 5.32 Å². The highest BCUT2D eigenvalue weighted by Crippen LogP contribution is 2.31. The van der Waals surface area contributed by atoms with Gasteiger partial charge in [0.2, 0.25) is 0 Å². The van der Waals surface area contributed by atoms with Gasteiger partial charge in [0.1, 0.15) is 5.75 Å². The number of nitrogens with one attached hydrogen (secondary N) is 2. The fraction of sp³-hybridized carbons (Fsp3) is 0.350. The van der Waals surface area contributed by atoms with Crippen molar-refractivity contribution < 1.29 is 23.9 Å². The number of hydrogen-bond acceptors (Lipinski definition) is 6. The summed E-state index contributed by atoms with van der Waals surface area (Å²) >= 11 is 7.49. The summed E-state index contributed by atoms with van der Waals surface area (Å²) in [5.41, 5.74) is 1.81. The molecule has 0 aliphatic rings. The third kappa shape index (κ3) is 6.76. The van der Waals surface area contributed by atoms with Crippen molar-refractivity contribution in [3.8, 4) is 5.75 Å². The second kappa shape index (κ2) is 10.8. The molecule has 0 spiro atoms. The lowest BCUT2D eigenvalue weighted by Crippen LogP contribution is -2.30. The van der Waals surface area contributed by atoms with Crippen LogP contribution in [-0.4, -0.2) is 37.5 Å². The maximum Gasteiger partial charge on any atom is 0.306 e. The highest BCUT2D eigenvalue weighted by Gasteiger charge is 2.19. The van der Waals surface area contributed by atoms with Crippen molar-refractivity contribution in [2.24, 2.45) is 0 Å². The number of aryl methyl sites for hydroxylation is 1. The van der Waals surface area contributed by atoms with Crippen molar-refractivity contribution in [2.45, 2.75) is 32.8 Å². The highest BCUT2D eigenvalue weighted by atomic mass is 35.5. The van der Waals surface area contributed by atoms with Crippen LogP contribution < -0.4 is 15.4 Å². The first-order chi connectivity index (χ1) is 13.8. The first kappa shape index (κ1) is 22.7. The van der Waals surface area contributed by atoms with Gasteiger partial charge in [-0.15, -0.1) is 0 Å². The van der Waals surface area contributed by atoms with Gasteiger partial charge in [0.15, 0.2) is 6.10 Å². The number of amides is 2. The molecule has 7 nitrogen and oxygen atoms in total. The number of esters is 1. The Morgan fingerprint density at radius 2 is 2.03 bits per heavy atom. The van der Waals surface area contributed by atoms with Gasteiger partial charge in [0.05, 0.1) is 12.8 Å². The van der Waals surface area contributed by atoms with Gasteiger partial charge in [0.25, 0.3) is 11.8 Å². The molecule has 0 bridgehead atoms. The van der Waals surface area contributed by atoms with E-state index in [1.54, 1.807) is 30.5 Å². The summed E-state index contributed by atoms with van der Waals surface area (Å²) < 4.78 is 10.4. The van der Waals surface area contributed by atoms with Gasteiger partial charge >= 0.3 is 5.97 Å². The van der Waals surface area contributed by atoms with Crippen LogP contribution in [0.5, 0.6) is 5.75 Å². The van der Waals surface area contributed by atoms with Gasteiger partial charge in [-0.05, 0) is 43.3 Å². The maximum absolute atomic E-state index is 12.3. The SMILES string of the molecule is COc1cc(Cl)c(C)cc1NC(=O)C(C)OC(=O)CCCNC(=O)c1ccsc1. The molecule has 1 atom stereocenters. The molecule has 2 amide bonds. The van der Waals surface area contributed by atoms with E-state index >= 15 is 0 Å². The number of carbonyl (C=O) groups is 3. The first-order valence-electron chi connectivity index (χ1n) is 8.96. The quantitative estimate of drug-likeness (QED) is 0.458. The largest absolute Gasteiger partial charge is 0.495 e. The van der Waals surface area contributed by atoms with Crippen LogP contribution in [0.4, 0.5) is 5.69 Å². The minimum Gasteiger partial charge on any atom is -0.495 e. The van der Waals surface area contributed by atoms with E-state index in [9.17, 15) is 14.4 Å². The molecule has 1 heterocycles. The third-order valence-corrected chi connectivity index (χ3v) is 5.13. The molecule has 0 saturated carbocycles. The van der Waals surface area contributed by atoms with E-state index in [2.05, 4.69) is 10.6 Å². The molecule has 1 aromatic heterocycles. The number of thiophene rings is 1. The van der Waals surface area contributed by atoms with Crippen LogP contribution in [-0.2, 0) is 14.3 Å². The molecular weight excluding hydrogens is 416 g/mol. The Morgan fingerprint density at radius 1 is 1.28 bits per heavy atom. The predicted octanol–water partition coefficient (Wildman–Crippen LogP) is 3.80. The van der Waals surface area contributed by atoms with E-state index in [1.165, 1.54) is 25.4 Å². The monoisotopic (exact) mass is 438 g/mol. The summed E-state index contributed by atoms with van der Waals surface area (Å²) in [6.45, 7) is 3.63. The summed E-state index contributed by atoms with van der Waals surface area (Å²) in [7, 11) is 1.47. The van der Waals surface area contributed by atoms with E-state index in [4.69, 9.17) is 21.1 Å². The Bertz CT molecular complexity index is 870. The van der Waals surface area contributed by atoms with Crippen LogP contribution in [0.1, 0.15) is 35.7 Å². The molecule has 1 unspecified atom stereocenters. The van der Waals surface area contributed by atoms with E-state index in [0.717, 1.165) is 5.56 Å². The van der Waals surface area contributed by atoms with Crippen LogP contribution in [0, 0.1) is 6.92 Å². The Balaban J connectivity index is 1.76. The molecule has 2 aromatic rings. The zero-order chi connectivity index (χ0) is 21.4. The fourth-order valence-electron chi connectivity index (χ4n) is 2.40. The maximum atomic E-state index is 12.3. The van der Waals surface area contributed by atoms with E-state index < -0.39 is 18.0 Å². The smallest absolute Gasteiger partial charge is 0.306 e. The summed E-state index contributed by atoms with van der Waals surface area (Å²) in [5.74, 6) is -0.769. The lowest BCUT2D eigenvalue weighted by Gasteiger charge is -2.16. The van der Waals surface area contributed by atoms with Crippen molar-refractivity contribution in [3.63, 3.8) is 0 Å². The topological polar surface area (TPSA) is 93.7 Å². The van der Waals surface area contributed by atoms with E-state index in [-0.39, 0.29) is 12.3 Å². The number of ether oxygens (including phenoxy) is 2. The molecule has 29 heavy (non-hydrogen) atoms. The Labute approximate surface area is 178 Å². The van der Waals surface area contributed by atoms with Gasteiger partial charge in [-0.2, -0.15) is 11.3 Å². The number of rotatable bonds is 9. The summed E-state index contributed by atoms with van der Waals surface area (Å²) in [6, 6.07) is 5.02. The lowest BCUT2D eigenvalue weighted by molar-refractivity contribution is -0.153. The zero-order valence-corrected chi connectivity index (χ0v) is 18.0. The number of hydrogen-bond donors (Lipinski definition) is 2. The van der Waals surface area contributed by atoms with Crippen LogP contribution >= 0.6 is 22.9 Å². The third-order valence-electron chi connectivity index (χ3n) is 4.04. The van der Waals surface area contributed by atoms with Crippen LogP contribution in [0.2, 0.25) is 5.02 Å². The van der Waals surface area contributed by atoms with E-state index in [0.29, 0.717) is 35.0 Å². The number of halogens is 1. The number of benzene rings is 1. The van der Waals surface area contributed by atoms with Crippen molar-refractivity contribution in [3.05, 3.63) is 45.1 Å². The molecule has 0 aliphatic carbocycles. The summed E-state index contributed by atoms with van der Waals surface area (Å²) in [5, 5.41) is 9.49. The normalized spacial score (nSPS) is 11.4. The molecule has 0 fully saturated rings. The number of anilines is 1. The van der Waals surface area contributed by atoms with Crippen molar-refractivity contribution in [1.29, 1.82) is 0 Å². The van der Waals surface area contributed by atoms with Gasteiger partial charge in [-0.1, -0.05) is 11.6 Å². The Kier molecular flexibility index (Phi) is 8.48. The summed E-state index contributed by atoms with van der Waals surface area (Å²) in [6.07, 6.45) is -0.485. The number of carbonyl (C=O) groups excluding carboxylic acids is 3. The molecule has 9 heteroatoms. The van der Waals surface area contributed by atoms with Crippen LogP contribution in [0.3, 0.4) is 0 Å². The standard InChI is InChI=1S/C20H23ClN2O5S/c1-12-9-16(17(27-3)10-15(12)21)23-19(25)13(2)28-18(24)5-4-7-22-20(26)14-6-8-29-11-14/h6,8-11,13H,4-5,7H2,1-3H3,(H,22,26)(H,23,25). The van der Waals surface area contributed by atoms with Crippen molar-refractivity contribution in [2.75, 3.05) is 19.0 Å². The van der Waals surface area contributed by atoms with Gasteiger partial charge < -0.3 is 20.1 Å². The van der Waals surface area contributed by atoms with Gasteiger partial charge in [-0.3, -0.25) is 14.4 Å². The molecule has 2 N–H and O–H groups in total. The molecule has 2 rings (SSSR count). The minimum absolute atomic E-state index is 0.0882. The molecule has 1 aromatic carbocycles. The lowest BCUT2D eigenvalue weighted by atomic mass is 10.2. The van der Waals surface area contributed by atoms with Gasteiger partial charge in [0, 0.05) is 35.0 Å². The molecular formula is C20H23ClN2O5S. The fourth-order valence-corrected chi connectivity index (χ4v) is 3.19. The van der Waals surface area contributed by atoms with Crippen LogP contribution in [0.15, 0.2) is 29.0 Å². The second-order valence-corrected chi connectivity index (χ2v) is 7.48. The predicted molar refractivity (Wildman–Crippen MR) is 113 cm³/mol. The molecule has 0 radical (unpaired) electrons. The summed E-state index contributed by atoms with van der Waals surface area (Å²) in [4.78, 5) is 36.1. The highest BCUT2D eigenvalue weighted by molar-refractivity contribution is 7.08. The Morgan fingerprint density at radius 3 is 2.69 bits per heavy atom. The molecule has 0 aliphatic heterocycles. The molecule has 156 valence electrons. The minimum atomic E-state index is -0.983. The zero-order valence-electron chi connectivity index (χ0n) is 16.4. The van der Waals surface area contributed by atoms with Crippen molar-refractivity contribution >= 4 is 46.4 Å². The second-order valence-electron chi connectivity index (χ2n) is 6.29. The van der Waals surface area contributed by atoms with Crippen LogP contribution in [0.25, 0.3) is 0 Å².